The lowest BCUT2D eigenvalue weighted by Gasteiger charge is -2.11. The third kappa shape index (κ3) is 2.22. The molecular formula is C7H10OS. The van der Waals surface area contributed by atoms with Gasteiger partial charge in [-0.3, -0.25) is 4.79 Å². The zero-order valence-electron chi connectivity index (χ0n) is 5.25. The minimum atomic E-state index is 0.469. The lowest BCUT2D eigenvalue weighted by atomic mass is 10.1. The highest BCUT2D eigenvalue weighted by molar-refractivity contribution is 8.12. The Balaban J connectivity index is 2.31. The Morgan fingerprint density at radius 1 is 1.67 bits per heavy atom. The van der Waals surface area contributed by atoms with Gasteiger partial charge in [-0.25, -0.2) is 0 Å². The molecule has 9 heavy (non-hydrogen) atoms. The molecule has 0 aromatic heterocycles. The molecule has 0 aliphatic heterocycles. The summed E-state index contributed by atoms with van der Waals surface area (Å²) in [5.41, 5.74) is 0.931. The molecule has 1 aliphatic rings. The third-order valence-electron chi connectivity index (χ3n) is 1.44. The van der Waals surface area contributed by atoms with Crippen LogP contribution in [0.5, 0.6) is 0 Å². The van der Waals surface area contributed by atoms with Crippen molar-refractivity contribution in [1.29, 1.82) is 0 Å². The number of thioether (sulfide) groups is 1. The molecule has 1 aliphatic carbocycles. The topological polar surface area (TPSA) is 17.1 Å². The summed E-state index contributed by atoms with van der Waals surface area (Å²) < 4.78 is 0. The molecule has 1 nitrogen and oxygen atoms in total. The van der Waals surface area contributed by atoms with Crippen LogP contribution in [0.25, 0.3) is 0 Å². The second-order valence-corrected chi connectivity index (χ2v) is 3.20. The Morgan fingerprint density at radius 2 is 2.56 bits per heavy atom. The van der Waals surface area contributed by atoms with Gasteiger partial charge in [-0.15, -0.1) is 0 Å². The van der Waals surface area contributed by atoms with Crippen LogP contribution >= 0.6 is 11.8 Å². The maximum atomic E-state index is 10.0. The number of hydrogen-bond donors (Lipinski definition) is 0. The highest BCUT2D eigenvalue weighted by Gasteiger charge is 2.06. The second kappa shape index (κ2) is 3.72. The van der Waals surface area contributed by atoms with Crippen molar-refractivity contribution in [2.75, 3.05) is 0 Å². The maximum Gasteiger partial charge on any atom is 0.176 e. The molecule has 2 heteroatoms. The van der Waals surface area contributed by atoms with Gasteiger partial charge in [0.05, 0.1) is 0 Å². The molecular weight excluding hydrogens is 132 g/mol. The van der Waals surface area contributed by atoms with E-state index in [-0.39, 0.29) is 0 Å². The van der Waals surface area contributed by atoms with Gasteiger partial charge in [0.2, 0.25) is 0 Å². The number of allylic oxidation sites excluding steroid dienone is 1. The SMILES string of the molecule is O=CSC1C=CCCC1. The van der Waals surface area contributed by atoms with Crippen LogP contribution in [0.4, 0.5) is 0 Å². The zero-order valence-corrected chi connectivity index (χ0v) is 6.06. The van der Waals surface area contributed by atoms with E-state index in [1.54, 1.807) is 0 Å². The van der Waals surface area contributed by atoms with Crippen LogP contribution in [-0.2, 0) is 4.79 Å². The predicted molar refractivity (Wildman–Crippen MR) is 41.1 cm³/mol. The summed E-state index contributed by atoms with van der Waals surface area (Å²) in [7, 11) is 0. The summed E-state index contributed by atoms with van der Waals surface area (Å²) >= 11 is 1.38. The molecule has 0 saturated heterocycles. The van der Waals surface area contributed by atoms with E-state index in [1.807, 2.05) is 0 Å². The maximum absolute atomic E-state index is 10.0. The summed E-state index contributed by atoms with van der Waals surface area (Å²) in [5, 5.41) is 0.469. The van der Waals surface area contributed by atoms with Crippen molar-refractivity contribution >= 4 is 17.4 Å². The zero-order chi connectivity index (χ0) is 6.53. The molecule has 0 aromatic carbocycles. The van der Waals surface area contributed by atoms with Gasteiger partial charge >= 0.3 is 0 Å². The minimum absolute atomic E-state index is 0.469. The molecule has 0 heterocycles. The lowest BCUT2D eigenvalue weighted by molar-refractivity contribution is 0.569. The third-order valence-corrected chi connectivity index (χ3v) is 2.29. The van der Waals surface area contributed by atoms with E-state index in [9.17, 15) is 4.79 Å². The van der Waals surface area contributed by atoms with Crippen LogP contribution in [-0.4, -0.2) is 10.9 Å². The van der Waals surface area contributed by atoms with Crippen molar-refractivity contribution in [1.82, 2.24) is 0 Å². The van der Waals surface area contributed by atoms with Gasteiger partial charge in [0, 0.05) is 5.25 Å². The number of carbonyl (C=O) groups is 1. The van der Waals surface area contributed by atoms with Crippen molar-refractivity contribution in [2.45, 2.75) is 24.5 Å². The van der Waals surface area contributed by atoms with E-state index in [0.29, 0.717) is 5.25 Å². The van der Waals surface area contributed by atoms with Crippen molar-refractivity contribution < 1.29 is 4.79 Å². The summed E-state index contributed by atoms with van der Waals surface area (Å²) in [6.45, 7) is 0. The van der Waals surface area contributed by atoms with Crippen molar-refractivity contribution in [3.05, 3.63) is 12.2 Å². The Bertz CT molecular complexity index is 120. The van der Waals surface area contributed by atoms with E-state index in [1.165, 1.54) is 31.0 Å². The fraction of sp³-hybridized carbons (Fsp3) is 0.571. The Labute approximate surface area is 59.5 Å². The van der Waals surface area contributed by atoms with E-state index < -0.39 is 0 Å². The smallest absolute Gasteiger partial charge is 0.176 e. The normalized spacial score (nSPS) is 26.0. The van der Waals surface area contributed by atoms with Gasteiger partial charge in [-0.05, 0) is 19.3 Å². The molecule has 0 radical (unpaired) electrons. The molecule has 0 saturated carbocycles. The largest absolute Gasteiger partial charge is 0.291 e. The van der Waals surface area contributed by atoms with E-state index in [2.05, 4.69) is 12.2 Å². The monoisotopic (exact) mass is 142 g/mol. The van der Waals surface area contributed by atoms with E-state index in [4.69, 9.17) is 0 Å². The van der Waals surface area contributed by atoms with Crippen LogP contribution in [0.15, 0.2) is 12.2 Å². The minimum Gasteiger partial charge on any atom is -0.291 e. The van der Waals surface area contributed by atoms with Crippen molar-refractivity contribution in [3.8, 4) is 0 Å². The fourth-order valence-electron chi connectivity index (χ4n) is 0.966. The predicted octanol–water partition coefficient (Wildman–Crippen LogP) is 2.02. The molecule has 0 aromatic rings. The summed E-state index contributed by atoms with van der Waals surface area (Å²) in [5.74, 6) is 0. The highest BCUT2D eigenvalue weighted by atomic mass is 32.2. The Morgan fingerprint density at radius 3 is 3.11 bits per heavy atom. The molecule has 0 spiro atoms. The van der Waals surface area contributed by atoms with Gasteiger partial charge < -0.3 is 0 Å². The number of rotatable bonds is 2. The first-order valence-electron chi connectivity index (χ1n) is 3.19. The van der Waals surface area contributed by atoms with Crippen molar-refractivity contribution in [3.63, 3.8) is 0 Å². The Kier molecular flexibility index (Phi) is 2.84. The quantitative estimate of drug-likeness (QED) is 0.433. The van der Waals surface area contributed by atoms with Crippen molar-refractivity contribution in [2.24, 2.45) is 0 Å². The highest BCUT2D eigenvalue weighted by Crippen LogP contribution is 2.20. The average Bonchev–Trinajstić information content (AvgIpc) is 1.91. The van der Waals surface area contributed by atoms with E-state index in [0.717, 1.165) is 5.62 Å². The molecule has 0 amide bonds. The van der Waals surface area contributed by atoms with Crippen LogP contribution in [0.3, 0.4) is 0 Å². The number of hydrogen-bond acceptors (Lipinski definition) is 2. The molecule has 0 bridgehead atoms. The molecule has 1 atom stereocenters. The molecule has 1 unspecified atom stereocenters. The van der Waals surface area contributed by atoms with Gasteiger partial charge in [0.15, 0.2) is 5.62 Å². The van der Waals surface area contributed by atoms with Gasteiger partial charge in [-0.1, -0.05) is 23.9 Å². The molecule has 0 fully saturated rings. The molecule has 50 valence electrons. The standard InChI is InChI=1S/C7H10OS/c8-6-9-7-4-2-1-3-5-7/h2,4,6-7H,1,3,5H2. The van der Waals surface area contributed by atoms with E-state index >= 15 is 0 Å². The van der Waals surface area contributed by atoms with Crippen LogP contribution in [0.2, 0.25) is 0 Å². The first-order chi connectivity index (χ1) is 4.43. The van der Waals surface area contributed by atoms with Crippen LogP contribution < -0.4 is 0 Å². The Hall–Kier alpha value is -0.240. The van der Waals surface area contributed by atoms with Gasteiger partial charge in [-0.2, -0.15) is 0 Å². The fourth-order valence-corrected chi connectivity index (χ4v) is 1.61. The lowest BCUT2D eigenvalue weighted by Crippen LogP contribution is -2.01. The second-order valence-electron chi connectivity index (χ2n) is 2.13. The van der Waals surface area contributed by atoms with Gasteiger partial charge in [0.1, 0.15) is 0 Å². The van der Waals surface area contributed by atoms with Crippen LogP contribution in [0.1, 0.15) is 19.3 Å². The van der Waals surface area contributed by atoms with Gasteiger partial charge in [0.25, 0.3) is 0 Å². The summed E-state index contributed by atoms with van der Waals surface area (Å²) in [6, 6.07) is 0. The molecule has 0 N–H and O–H groups in total. The molecule has 1 rings (SSSR count). The summed E-state index contributed by atoms with van der Waals surface area (Å²) in [4.78, 5) is 10.0. The summed E-state index contributed by atoms with van der Waals surface area (Å²) in [6.07, 6.45) is 7.88. The first-order valence-corrected chi connectivity index (χ1v) is 4.13. The average molecular weight is 142 g/mol. The number of carbonyl (C=O) groups excluding carboxylic acids is 1. The van der Waals surface area contributed by atoms with Crippen LogP contribution in [0, 0.1) is 0 Å². The first kappa shape index (κ1) is 6.87.